The van der Waals surface area contributed by atoms with Crippen molar-refractivity contribution in [1.82, 2.24) is 15.5 Å². The van der Waals surface area contributed by atoms with Crippen LogP contribution in [-0.4, -0.2) is 54.8 Å². The first-order valence-corrected chi connectivity index (χ1v) is 8.09. The van der Waals surface area contributed by atoms with E-state index in [0.29, 0.717) is 18.8 Å². The lowest BCUT2D eigenvalue weighted by molar-refractivity contribution is -0.131. The summed E-state index contributed by atoms with van der Waals surface area (Å²) in [4.78, 5) is 37.1. The fourth-order valence-electron chi connectivity index (χ4n) is 2.22. The molecule has 1 atom stereocenters. The standard InChI is InChI=1S/C15H19BrN4O3/c1-10-15(23)17-6-7-20(10)9-14(22)18-8-13(21)19-12-5-3-2-4-11(12)16/h2-5,10H,6-9H2,1H3,(H,17,23)(H,18,22)(H,19,21). The van der Waals surface area contributed by atoms with Crippen LogP contribution in [0.15, 0.2) is 28.7 Å². The van der Waals surface area contributed by atoms with Crippen LogP contribution in [0.1, 0.15) is 6.92 Å². The molecule has 2 rings (SSSR count). The van der Waals surface area contributed by atoms with Crippen molar-refractivity contribution in [3.63, 3.8) is 0 Å². The lowest BCUT2D eigenvalue weighted by atomic mass is 10.2. The summed E-state index contributed by atoms with van der Waals surface area (Å²) in [6.45, 7) is 2.87. The highest BCUT2D eigenvalue weighted by Crippen LogP contribution is 2.20. The Morgan fingerprint density at radius 1 is 1.35 bits per heavy atom. The first kappa shape index (κ1) is 17.4. The lowest BCUT2D eigenvalue weighted by Crippen LogP contribution is -2.56. The number of anilines is 1. The molecule has 7 nitrogen and oxygen atoms in total. The van der Waals surface area contributed by atoms with E-state index in [9.17, 15) is 14.4 Å². The van der Waals surface area contributed by atoms with Gasteiger partial charge in [-0.3, -0.25) is 19.3 Å². The molecule has 1 fully saturated rings. The highest BCUT2D eigenvalue weighted by molar-refractivity contribution is 9.10. The number of hydrogen-bond donors (Lipinski definition) is 3. The van der Waals surface area contributed by atoms with Gasteiger partial charge < -0.3 is 16.0 Å². The van der Waals surface area contributed by atoms with Crippen molar-refractivity contribution in [2.75, 3.05) is 31.5 Å². The van der Waals surface area contributed by atoms with Gasteiger partial charge in [0.1, 0.15) is 0 Å². The van der Waals surface area contributed by atoms with E-state index in [2.05, 4.69) is 31.9 Å². The molecule has 8 heteroatoms. The van der Waals surface area contributed by atoms with Gasteiger partial charge in [-0.15, -0.1) is 0 Å². The number of carbonyl (C=O) groups excluding carboxylic acids is 3. The molecule has 1 saturated heterocycles. The van der Waals surface area contributed by atoms with Gasteiger partial charge in [0.25, 0.3) is 0 Å². The van der Waals surface area contributed by atoms with Gasteiger partial charge in [-0.2, -0.15) is 0 Å². The van der Waals surface area contributed by atoms with Gasteiger partial charge in [0.15, 0.2) is 0 Å². The number of nitrogens with one attached hydrogen (secondary N) is 3. The van der Waals surface area contributed by atoms with E-state index < -0.39 is 0 Å². The predicted molar refractivity (Wildman–Crippen MR) is 89.8 cm³/mol. The smallest absolute Gasteiger partial charge is 0.243 e. The van der Waals surface area contributed by atoms with E-state index in [0.717, 1.165) is 4.47 Å². The number of piperazine rings is 1. The molecular weight excluding hydrogens is 364 g/mol. The second kappa shape index (κ2) is 8.07. The number of carbonyl (C=O) groups is 3. The molecule has 0 spiro atoms. The molecular formula is C15H19BrN4O3. The van der Waals surface area contributed by atoms with E-state index in [-0.39, 0.29) is 36.9 Å². The van der Waals surface area contributed by atoms with Gasteiger partial charge in [-0.05, 0) is 35.0 Å². The minimum atomic E-state index is -0.344. The largest absolute Gasteiger partial charge is 0.353 e. The molecule has 23 heavy (non-hydrogen) atoms. The average Bonchev–Trinajstić information content (AvgIpc) is 2.52. The van der Waals surface area contributed by atoms with Crippen LogP contribution in [0, 0.1) is 0 Å². The second-order valence-electron chi connectivity index (χ2n) is 5.24. The molecule has 0 aliphatic carbocycles. The molecule has 0 aromatic heterocycles. The highest BCUT2D eigenvalue weighted by atomic mass is 79.9. The Labute approximate surface area is 142 Å². The van der Waals surface area contributed by atoms with Crippen molar-refractivity contribution in [3.8, 4) is 0 Å². The zero-order valence-corrected chi connectivity index (χ0v) is 14.4. The molecule has 0 saturated carbocycles. The highest BCUT2D eigenvalue weighted by Gasteiger charge is 2.26. The monoisotopic (exact) mass is 382 g/mol. The maximum absolute atomic E-state index is 11.9. The first-order valence-electron chi connectivity index (χ1n) is 7.30. The van der Waals surface area contributed by atoms with Crippen LogP contribution in [0.25, 0.3) is 0 Å². The lowest BCUT2D eigenvalue weighted by Gasteiger charge is -2.31. The fraction of sp³-hybridized carbons (Fsp3) is 0.400. The van der Waals surface area contributed by atoms with E-state index in [4.69, 9.17) is 0 Å². The van der Waals surface area contributed by atoms with Crippen LogP contribution >= 0.6 is 15.9 Å². The summed E-state index contributed by atoms with van der Waals surface area (Å²) in [6.07, 6.45) is 0. The summed E-state index contributed by atoms with van der Waals surface area (Å²) >= 11 is 3.34. The minimum Gasteiger partial charge on any atom is -0.353 e. The Kier molecular flexibility index (Phi) is 6.12. The van der Waals surface area contributed by atoms with Crippen molar-refractivity contribution in [2.45, 2.75) is 13.0 Å². The van der Waals surface area contributed by atoms with Gasteiger partial charge in [-0.25, -0.2) is 0 Å². The number of rotatable bonds is 5. The zero-order chi connectivity index (χ0) is 16.8. The maximum atomic E-state index is 11.9. The van der Waals surface area contributed by atoms with Crippen molar-refractivity contribution in [3.05, 3.63) is 28.7 Å². The Morgan fingerprint density at radius 2 is 2.09 bits per heavy atom. The van der Waals surface area contributed by atoms with Crippen molar-refractivity contribution >= 4 is 39.3 Å². The third-order valence-corrected chi connectivity index (χ3v) is 4.26. The number of halogens is 1. The number of benzene rings is 1. The van der Waals surface area contributed by atoms with E-state index in [1.165, 1.54) is 0 Å². The second-order valence-corrected chi connectivity index (χ2v) is 6.10. The molecule has 3 amide bonds. The topological polar surface area (TPSA) is 90.5 Å². The molecule has 1 aromatic rings. The van der Waals surface area contributed by atoms with Crippen LogP contribution in [-0.2, 0) is 14.4 Å². The Hall–Kier alpha value is -1.93. The van der Waals surface area contributed by atoms with Crippen LogP contribution < -0.4 is 16.0 Å². The normalized spacial score (nSPS) is 18.2. The van der Waals surface area contributed by atoms with Crippen LogP contribution in [0.2, 0.25) is 0 Å². The van der Waals surface area contributed by atoms with Crippen LogP contribution in [0.5, 0.6) is 0 Å². The minimum absolute atomic E-state index is 0.0873. The quantitative estimate of drug-likeness (QED) is 0.684. The van der Waals surface area contributed by atoms with Crippen molar-refractivity contribution in [2.24, 2.45) is 0 Å². The van der Waals surface area contributed by atoms with Gasteiger partial charge in [0, 0.05) is 17.6 Å². The third-order valence-electron chi connectivity index (χ3n) is 3.57. The molecule has 1 heterocycles. The van der Waals surface area contributed by atoms with Gasteiger partial charge in [0.2, 0.25) is 17.7 Å². The summed E-state index contributed by atoms with van der Waals surface area (Å²) in [6, 6.07) is 6.89. The summed E-state index contributed by atoms with van der Waals surface area (Å²) in [5.41, 5.74) is 0.646. The molecule has 1 aliphatic rings. The number of amides is 3. The van der Waals surface area contributed by atoms with Gasteiger partial charge in [-0.1, -0.05) is 12.1 Å². The maximum Gasteiger partial charge on any atom is 0.243 e. The molecule has 1 unspecified atom stereocenters. The summed E-state index contributed by atoms with van der Waals surface area (Å²) in [7, 11) is 0. The van der Waals surface area contributed by atoms with Crippen LogP contribution in [0.4, 0.5) is 5.69 Å². The number of hydrogen-bond acceptors (Lipinski definition) is 4. The Balaban J connectivity index is 1.77. The van der Waals surface area contributed by atoms with Crippen molar-refractivity contribution < 1.29 is 14.4 Å². The number of para-hydroxylation sites is 1. The van der Waals surface area contributed by atoms with E-state index >= 15 is 0 Å². The first-order chi connectivity index (χ1) is 11.0. The van der Waals surface area contributed by atoms with Crippen LogP contribution in [0.3, 0.4) is 0 Å². The zero-order valence-electron chi connectivity index (χ0n) is 12.8. The van der Waals surface area contributed by atoms with E-state index in [1.54, 1.807) is 17.9 Å². The number of nitrogens with zero attached hydrogens (tertiary/aromatic N) is 1. The molecule has 124 valence electrons. The SMILES string of the molecule is CC1C(=O)NCCN1CC(=O)NCC(=O)Nc1ccccc1Br. The fourth-order valence-corrected chi connectivity index (χ4v) is 2.61. The van der Waals surface area contributed by atoms with Gasteiger partial charge in [0.05, 0.1) is 24.8 Å². The molecule has 3 N–H and O–H groups in total. The predicted octanol–water partition coefficient (Wildman–Crippen LogP) is 0.324. The summed E-state index contributed by atoms with van der Waals surface area (Å²) in [5, 5.41) is 8.01. The summed E-state index contributed by atoms with van der Waals surface area (Å²) < 4.78 is 0.771. The Morgan fingerprint density at radius 3 is 2.83 bits per heavy atom. The third kappa shape index (κ3) is 5.04. The van der Waals surface area contributed by atoms with Crippen molar-refractivity contribution in [1.29, 1.82) is 0 Å². The molecule has 0 radical (unpaired) electrons. The van der Waals surface area contributed by atoms with Gasteiger partial charge >= 0.3 is 0 Å². The molecule has 1 aromatic carbocycles. The molecule has 0 bridgehead atoms. The van der Waals surface area contributed by atoms with E-state index in [1.807, 2.05) is 18.2 Å². The average molecular weight is 383 g/mol. The Bertz CT molecular complexity index is 608. The summed E-state index contributed by atoms with van der Waals surface area (Å²) in [5.74, 6) is -0.681. The molecule has 1 aliphatic heterocycles.